The summed E-state index contributed by atoms with van der Waals surface area (Å²) >= 11 is 0. The molecule has 0 aliphatic carbocycles. The minimum Gasteiger partial charge on any atom is -0.496 e. The Kier molecular flexibility index (Phi) is 6.26. The Bertz CT molecular complexity index is 500. The Hall–Kier alpha value is -1.31. The molecule has 7 heteroatoms. The van der Waals surface area contributed by atoms with Crippen LogP contribution in [-0.4, -0.2) is 44.7 Å². The number of hydrogen-bond donors (Lipinski definition) is 0. The van der Waals surface area contributed by atoms with Gasteiger partial charge in [-0.3, -0.25) is 9.64 Å². The highest BCUT2D eigenvalue weighted by atomic mass is 19.4. The molecule has 1 saturated heterocycles. The molecule has 130 valence electrons. The summed E-state index contributed by atoms with van der Waals surface area (Å²) in [6.45, 7) is 2.33. The minimum atomic E-state index is -4.54. The van der Waals surface area contributed by atoms with Crippen molar-refractivity contribution in [2.24, 2.45) is 0 Å². The van der Waals surface area contributed by atoms with Gasteiger partial charge in [-0.05, 0) is 30.5 Å². The standard InChI is InChI=1S/C16H22F3NO3/c1-21-11-13-9-12(3-4-15(13)22-2)10-20-7-5-14(6-8-20)23-16(17,18)19/h3-4,9,14H,5-8,10-11H2,1-2H3. The van der Waals surface area contributed by atoms with Crippen LogP contribution in [0.1, 0.15) is 24.0 Å². The summed E-state index contributed by atoms with van der Waals surface area (Å²) < 4.78 is 51.2. The maximum Gasteiger partial charge on any atom is 0.522 e. The van der Waals surface area contributed by atoms with Crippen LogP contribution in [0, 0.1) is 0 Å². The van der Waals surface area contributed by atoms with Crippen LogP contribution in [0.5, 0.6) is 5.75 Å². The summed E-state index contributed by atoms with van der Waals surface area (Å²) in [5.41, 5.74) is 2.05. The molecule has 4 nitrogen and oxygen atoms in total. The van der Waals surface area contributed by atoms with E-state index in [9.17, 15) is 13.2 Å². The molecule has 0 aromatic heterocycles. The summed E-state index contributed by atoms with van der Waals surface area (Å²) in [5.74, 6) is 0.771. The lowest BCUT2D eigenvalue weighted by molar-refractivity contribution is -0.345. The largest absolute Gasteiger partial charge is 0.522 e. The molecule has 1 aromatic carbocycles. The maximum atomic E-state index is 12.2. The molecule has 0 atom stereocenters. The fourth-order valence-corrected chi connectivity index (χ4v) is 2.83. The van der Waals surface area contributed by atoms with Crippen LogP contribution in [-0.2, 0) is 22.6 Å². The van der Waals surface area contributed by atoms with Crippen LogP contribution < -0.4 is 4.74 Å². The van der Waals surface area contributed by atoms with E-state index in [2.05, 4.69) is 9.64 Å². The third-order valence-electron chi connectivity index (χ3n) is 3.89. The smallest absolute Gasteiger partial charge is 0.496 e. The number of ether oxygens (including phenoxy) is 3. The van der Waals surface area contributed by atoms with E-state index < -0.39 is 12.5 Å². The van der Waals surface area contributed by atoms with Gasteiger partial charge in [0, 0.05) is 32.3 Å². The normalized spacial score (nSPS) is 17.4. The number of halogens is 3. The zero-order valence-corrected chi connectivity index (χ0v) is 13.4. The molecule has 0 bridgehead atoms. The zero-order valence-electron chi connectivity index (χ0n) is 13.4. The Morgan fingerprint density at radius 1 is 1.17 bits per heavy atom. The highest BCUT2D eigenvalue weighted by Gasteiger charge is 2.34. The summed E-state index contributed by atoms with van der Waals surface area (Å²) in [4.78, 5) is 2.13. The summed E-state index contributed by atoms with van der Waals surface area (Å²) in [5, 5.41) is 0. The molecule has 23 heavy (non-hydrogen) atoms. The quantitative estimate of drug-likeness (QED) is 0.799. The van der Waals surface area contributed by atoms with Gasteiger partial charge in [-0.1, -0.05) is 6.07 Å². The maximum absolute atomic E-state index is 12.2. The van der Waals surface area contributed by atoms with Crippen LogP contribution in [0.4, 0.5) is 13.2 Å². The average Bonchev–Trinajstić information content (AvgIpc) is 2.48. The Labute approximate surface area is 134 Å². The van der Waals surface area contributed by atoms with Crippen molar-refractivity contribution in [2.45, 2.75) is 38.5 Å². The van der Waals surface area contributed by atoms with E-state index in [4.69, 9.17) is 9.47 Å². The molecule has 1 aliphatic heterocycles. The molecule has 2 rings (SSSR count). The van der Waals surface area contributed by atoms with Gasteiger partial charge in [0.2, 0.25) is 0 Å². The predicted octanol–water partition coefficient (Wildman–Crippen LogP) is 3.34. The zero-order chi connectivity index (χ0) is 16.9. The van der Waals surface area contributed by atoms with Gasteiger partial charge in [0.1, 0.15) is 5.75 Å². The second-order valence-corrected chi connectivity index (χ2v) is 5.62. The van der Waals surface area contributed by atoms with Crippen molar-refractivity contribution in [1.82, 2.24) is 4.90 Å². The molecule has 0 radical (unpaired) electrons. The molecule has 1 aromatic rings. The number of alkyl halides is 3. The van der Waals surface area contributed by atoms with E-state index in [1.807, 2.05) is 18.2 Å². The van der Waals surface area contributed by atoms with Gasteiger partial charge >= 0.3 is 6.36 Å². The van der Waals surface area contributed by atoms with Crippen molar-refractivity contribution in [3.05, 3.63) is 29.3 Å². The monoisotopic (exact) mass is 333 g/mol. The fraction of sp³-hybridized carbons (Fsp3) is 0.625. The molecule has 0 unspecified atom stereocenters. The first-order valence-electron chi connectivity index (χ1n) is 7.53. The molecule has 0 amide bonds. The molecular formula is C16H22F3NO3. The summed E-state index contributed by atoms with van der Waals surface area (Å²) in [7, 11) is 3.23. The van der Waals surface area contributed by atoms with Gasteiger partial charge in [0.25, 0.3) is 0 Å². The number of rotatable bonds is 6. The Morgan fingerprint density at radius 3 is 2.43 bits per heavy atom. The van der Waals surface area contributed by atoms with Gasteiger partial charge in [0.15, 0.2) is 0 Å². The van der Waals surface area contributed by atoms with Crippen molar-refractivity contribution < 1.29 is 27.4 Å². The van der Waals surface area contributed by atoms with Gasteiger partial charge in [-0.2, -0.15) is 0 Å². The minimum absolute atomic E-state index is 0.389. The van der Waals surface area contributed by atoms with E-state index >= 15 is 0 Å². The van der Waals surface area contributed by atoms with Crippen molar-refractivity contribution in [3.63, 3.8) is 0 Å². The van der Waals surface area contributed by atoms with Crippen LogP contribution >= 0.6 is 0 Å². The van der Waals surface area contributed by atoms with Gasteiger partial charge < -0.3 is 9.47 Å². The average molecular weight is 333 g/mol. The first kappa shape index (κ1) is 18.0. The number of nitrogens with zero attached hydrogens (tertiary/aromatic N) is 1. The third kappa shape index (κ3) is 5.67. The van der Waals surface area contributed by atoms with Crippen molar-refractivity contribution in [3.8, 4) is 5.75 Å². The second kappa shape index (κ2) is 7.99. The second-order valence-electron chi connectivity index (χ2n) is 5.62. The molecule has 1 fully saturated rings. The molecule has 0 N–H and O–H groups in total. The number of hydrogen-bond acceptors (Lipinski definition) is 4. The van der Waals surface area contributed by atoms with Crippen molar-refractivity contribution in [2.75, 3.05) is 27.3 Å². The van der Waals surface area contributed by atoms with Crippen molar-refractivity contribution >= 4 is 0 Å². The van der Waals surface area contributed by atoms with Gasteiger partial charge in [-0.15, -0.1) is 13.2 Å². The predicted molar refractivity (Wildman–Crippen MR) is 79.1 cm³/mol. The third-order valence-corrected chi connectivity index (χ3v) is 3.89. The molecule has 1 aliphatic rings. The van der Waals surface area contributed by atoms with E-state index in [0.29, 0.717) is 39.1 Å². The number of methoxy groups -OCH3 is 2. The van der Waals surface area contributed by atoms with E-state index in [1.54, 1.807) is 14.2 Å². The number of benzene rings is 1. The van der Waals surface area contributed by atoms with E-state index in [-0.39, 0.29) is 0 Å². The lowest BCUT2D eigenvalue weighted by Crippen LogP contribution is -2.38. The first-order chi connectivity index (χ1) is 10.9. The highest BCUT2D eigenvalue weighted by Crippen LogP contribution is 2.26. The SMILES string of the molecule is COCc1cc(CN2CCC(OC(F)(F)F)CC2)ccc1OC. The Balaban J connectivity index is 1.90. The molecule has 1 heterocycles. The first-order valence-corrected chi connectivity index (χ1v) is 7.53. The molecule has 0 saturated carbocycles. The highest BCUT2D eigenvalue weighted by molar-refractivity contribution is 5.36. The van der Waals surface area contributed by atoms with Crippen molar-refractivity contribution in [1.29, 1.82) is 0 Å². The van der Waals surface area contributed by atoms with Gasteiger partial charge in [-0.25, -0.2) is 0 Å². The molecule has 0 spiro atoms. The number of piperidine rings is 1. The summed E-state index contributed by atoms with van der Waals surface area (Å²) in [6, 6.07) is 5.88. The van der Waals surface area contributed by atoms with Gasteiger partial charge in [0.05, 0.1) is 19.8 Å². The lowest BCUT2D eigenvalue weighted by Gasteiger charge is -2.32. The van der Waals surface area contributed by atoms with Crippen LogP contribution in [0.2, 0.25) is 0 Å². The lowest BCUT2D eigenvalue weighted by atomic mass is 10.1. The van der Waals surface area contributed by atoms with Crippen LogP contribution in [0.25, 0.3) is 0 Å². The molecular weight excluding hydrogens is 311 g/mol. The van der Waals surface area contributed by atoms with E-state index in [0.717, 1.165) is 16.9 Å². The topological polar surface area (TPSA) is 30.9 Å². The van der Waals surface area contributed by atoms with E-state index in [1.165, 1.54) is 0 Å². The number of likely N-dealkylation sites (tertiary alicyclic amines) is 1. The van der Waals surface area contributed by atoms with Crippen LogP contribution in [0.3, 0.4) is 0 Å². The summed E-state index contributed by atoms with van der Waals surface area (Å²) in [6.07, 6.45) is -4.50. The Morgan fingerprint density at radius 2 is 1.87 bits per heavy atom. The fourth-order valence-electron chi connectivity index (χ4n) is 2.83. The van der Waals surface area contributed by atoms with Crippen LogP contribution in [0.15, 0.2) is 18.2 Å².